The number of ether oxygens (including phenoxy) is 1. The number of amides is 2. The van der Waals surface area contributed by atoms with Crippen molar-refractivity contribution in [3.05, 3.63) is 36.2 Å². The normalized spacial score (nSPS) is 9.86. The molecule has 0 spiro atoms. The lowest BCUT2D eigenvalue weighted by molar-refractivity contribution is -0.133. The number of aromatic nitrogens is 3. The maximum atomic E-state index is 11.8. The summed E-state index contributed by atoms with van der Waals surface area (Å²) in [7, 11) is 0. The van der Waals surface area contributed by atoms with Crippen LogP contribution in [-0.2, 0) is 14.3 Å². The minimum absolute atomic E-state index is 0.0406. The Morgan fingerprint density at radius 3 is 2.59 bits per heavy atom. The molecular weight excluding hydrogens is 290 g/mol. The average Bonchev–Trinajstić information content (AvgIpc) is 3.01. The maximum Gasteiger partial charge on any atom is 0.340 e. The fourth-order valence-electron chi connectivity index (χ4n) is 1.59. The van der Waals surface area contributed by atoms with Crippen molar-refractivity contribution in [2.45, 2.75) is 6.92 Å². The summed E-state index contributed by atoms with van der Waals surface area (Å²) in [6.07, 6.45) is 1.18. The van der Waals surface area contributed by atoms with E-state index in [0.29, 0.717) is 0 Å². The SMILES string of the molecule is CCOC(=O)c1ccccc1NC(=O)C(=O)Nc1ncn[nH]1. The molecule has 9 nitrogen and oxygen atoms in total. The number of nitrogens with zero attached hydrogens (tertiary/aromatic N) is 2. The Hall–Kier alpha value is -3.23. The number of carbonyl (C=O) groups is 3. The topological polar surface area (TPSA) is 126 Å². The van der Waals surface area contributed by atoms with Gasteiger partial charge in [0.15, 0.2) is 0 Å². The van der Waals surface area contributed by atoms with E-state index in [9.17, 15) is 14.4 Å². The van der Waals surface area contributed by atoms with Gasteiger partial charge in [-0.1, -0.05) is 12.1 Å². The number of hydrogen-bond donors (Lipinski definition) is 3. The van der Waals surface area contributed by atoms with E-state index in [1.165, 1.54) is 18.5 Å². The molecule has 0 aliphatic rings. The molecule has 0 aliphatic carbocycles. The molecule has 2 rings (SSSR count). The molecule has 1 heterocycles. The molecule has 1 aromatic carbocycles. The highest BCUT2D eigenvalue weighted by atomic mass is 16.5. The fourth-order valence-corrected chi connectivity index (χ4v) is 1.59. The molecule has 22 heavy (non-hydrogen) atoms. The summed E-state index contributed by atoms with van der Waals surface area (Å²) in [5, 5.41) is 10.5. The Kier molecular flexibility index (Phi) is 4.81. The second-order valence-corrected chi connectivity index (χ2v) is 4.01. The number of nitrogens with one attached hydrogen (secondary N) is 3. The van der Waals surface area contributed by atoms with E-state index in [0.717, 1.165) is 0 Å². The Balaban J connectivity index is 2.08. The van der Waals surface area contributed by atoms with Crippen LogP contribution in [0.4, 0.5) is 11.6 Å². The van der Waals surface area contributed by atoms with Gasteiger partial charge in [-0.25, -0.2) is 9.89 Å². The van der Waals surface area contributed by atoms with Gasteiger partial charge in [0.1, 0.15) is 6.33 Å². The van der Waals surface area contributed by atoms with Gasteiger partial charge in [0.2, 0.25) is 5.95 Å². The lowest BCUT2D eigenvalue weighted by Gasteiger charge is -2.09. The second-order valence-electron chi connectivity index (χ2n) is 4.01. The van der Waals surface area contributed by atoms with Crippen molar-refractivity contribution >= 4 is 29.4 Å². The number of aromatic amines is 1. The van der Waals surface area contributed by atoms with Crippen LogP contribution < -0.4 is 10.6 Å². The summed E-state index contributed by atoms with van der Waals surface area (Å²) < 4.78 is 4.88. The lowest BCUT2D eigenvalue weighted by Crippen LogP contribution is -2.30. The third-order valence-electron chi connectivity index (χ3n) is 2.52. The van der Waals surface area contributed by atoms with E-state index in [1.807, 2.05) is 0 Å². The highest BCUT2D eigenvalue weighted by molar-refractivity contribution is 6.43. The van der Waals surface area contributed by atoms with E-state index in [2.05, 4.69) is 25.8 Å². The molecule has 2 aromatic rings. The maximum absolute atomic E-state index is 11.8. The first-order valence-electron chi connectivity index (χ1n) is 6.35. The molecule has 114 valence electrons. The molecule has 0 saturated heterocycles. The van der Waals surface area contributed by atoms with Crippen molar-refractivity contribution in [1.82, 2.24) is 15.2 Å². The van der Waals surface area contributed by atoms with Crippen molar-refractivity contribution in [2.75, 3.05) is 17.2 Å². The van der Waals surface area contributed by atoms with Gasteiger partial charge in [-0.2, -0.15) is 10.1 Å². The van der Waals surface area contributed by atoms with Crippen LogP contribution in [0.15, 0.2) is 30.6 Å². The van der Waals surface area contributed by atoms with Crippen LogP contribution in [0.1, 0.15) is 17.3 Å². The number of esters is 1. The van der Waals surface area contributed by atoms with Crippen LogP contribution in [0.25, 0.3) is 0 Å². The van der Waals surface area contributed by atoms with Gasteiger partial charge in [-0.3, -0.25) is 14.9 Å². The van der Waals surface area contributed by atoms with Crippen LogP contribution in [-0.4, -0.2) is 39.6 Å². The molecule has 0 saturated carbocycles. The smallest absolute Gasteiger partial charge is 0.340 e. The molecule has 2 amide bonds. The van der Waals surface area contributed by atoms with Gasteiger partial charge < -0.3 is 10.1 Å². The van der Waals surface area contributed by atoms with Gasteiger partial charge in [0.25, 0.3) is 0 Å². The van der Waals surface area contributed by atoms with Crippen molar-refractivity contribution in [3.63, 3.8) is 0 Å². The third-order valence-corrected chi connectivity index (χ3v) is 2.52. The first kappa shape index (κ1) is 15.2. The summed E-state index contributed by atoms with van der Waals surface area (Å²) in [6.45, 7) is 1.87. The molecule has 0 aliphatic heterocycles. The number of rotatable bonds is 4. The van der Waals surface area contributed by atoms with Crippen molar-refractivity contribution in [2.24, 2.45) is 0 Å². The quantitative estimate of drug-likeness (QED) is 0.559. The lowest BCUT2D eigenvalue weighted by atomic mass is 10.2. The monoisotopic (exact) mass is 303 g/mol. The molecule has 0 fully saturated rings. The average molecular weight is 303 g/mol. The van der Waals surface area contributed by atoms with Crippen LogP contribution in [0.3, 0.4) is 0 Å². The predicted molar refractivity (Wildman–Crippen MR) is 76.0 cm³/mol. The summed E-state index contributed by atoms with van der Waals surface area (Å²) in [5.74, 6) is -2.45. The molecule has 9 heteroatoms. The van der Waals surface area contributed by atoms with Crippen LogP contribution in [0.5, 0.6) is 0 Å². The number of H-pyrrole nitrogens is 1. The largest absolute Gasteiger partial charge is 0.462 e. The molecule has 0 atom stereocenters. The van der Waals surface area contributed by atoms with Crippen molar-refractivity contribution in [1.29, 1.82) is 0 Å². The zero-order valence-corrected chi connectivity index (χ0v) is 11.6. The number of benzene rings is 1. The molecule has 1 aromatic heterocycles. The van der Waals surface area contributed by atoms with Gasteiger partial charge in [0, 0.05) is 0 Å². The molecular formula is C13H13N5O4. The van der Waals surface area contributed by atoms with Gasteiger partial charge in [0.05, 0.1) is 17.9 Å². The van der Waals surface area contributed by atoms with Crippen LogP contribution in [0.2, 0.25) is 0 Å². The standard InChI is InChI=1S/C13H13N5O4/c1-2-22-12(21)8-5-3-4-6-9(8)16-10(19)11(20)17-13-14-7-15-18-13/h3-7H,2H2,1H3,(H,16,19)(H2,14,15,17,18,20). The summed E-state index contributed by atoms with van der Waals surface area (Å²) in [5.41, 5.74) is 0.337. The van der Waals surface area contributed by atoms with Gasteiger partial charge in [-0.05, 0) is 19.1 Å². The highest BCUT2D eigenvalue weighted by Gasteiger charge is 2.19. The molecule has 0 bridgehead atoms. The van der Waals surface area contributed by atoms with E-state index in [-0.39, 0.29) is 23.8 Å². The first-order chi connectivity index (χ1) is 10.6. The summed E-state index contributed by atoms with van der Waals surface area (Å²) >= 11 is 0. The van der Waals surface area contributed by atoms with Crippen molar-refractivity contribution in [3.8, 4) is 0 Å². The Morgan fingerprint density at radius 1 is 1.18 bits per heavy atom. The van der Waals surface area contributed by atoms with Gasteiger partial charge >= 0.3 is 17.8 Å². The fraction of sp³-hybridized carbons (Fsp3) is 0.154. The minimum atomic E-state index is -0.951. The number of hydrogen-bond acceptors (Lipinski definition) is 6. The Labute approximate surface area is 125 Å². The number of para-hydroxylation sites is 1. The van der Waals surface area contributed by atoms with E-state index < -0.39 is 17.8 Å². The van der Waals surface area contributed by atoms with Crippen LogP contribution >= 0.6 is 0 Å². The number of carbonyl (C=O) groups excluding carboxylic acids is 3. The molecule has 0 radical (unpaired) electrons. The Bertz CT molecular complexity index is 683. The molecule has 0 unspecified atom stereocenters. The van der Waals surface area contributed by atoms with Gasteiger partial charge in [-0.15, -0.1) is 0 Å². The number of anilines is 2. The zero-order valence-electron chi connectivity index (χ0n) is 11.6. The predicted octanol–water partition coefficient (Wildman–Crippen LogP) is 0.559. The molecule has 3 N–H and O–H groups in total. The Morgan fingerprint density at radius 2 is 1.91 bits per heavy atom. The van der Waals surface area contributed by atoms with E-state index in [1.54, 1.807) is 19.1 Å². The second kappa shape index (κ2) is 6.97. The summed E-state index contributed by atoms with van der Waals surface area (Å²) in [4.78, 5) is 39.0. The van der Waals surface area contributed by atoms with Crippen molar-refractivity contribution < 1.29 is 19.1 Å². The third kappa shape index (κ3) is 3.66. The first-order valence-corrected chi connectivity index (χ1v) is 6.35. The minimum Gasteiger partial charge on any atom is -0.462 e. The zero-order chi connectivity index (χ0) is 15.9. The van der Waals surface area contributed by atoms with Crippen LogP contribution in [0, 0.1) is 0 Å². The van der Waals surface area contributed by atoms with E-state index >= 15 is 0 Å². The van der Waals surface area contributed by atoms with E-state index in [4.69, 9.17) is 4.74 Å². The highest BCUT2D eigenvalue weighted by Crippen LogP contribution is 2.16. The summed E-state index contributed by atoms with van der Waals surface area (Å²) in [6, 6.07) is 6.22.